The summed E-state index contributed by atoms with van der Waals surface area (Å²) in [6.45, 7) is 3.97. The number of amides is 1. The van der Waals surface area contributed by atoms with Crippen molar-refractivity contribution < 1.29 is 4.79 Å². The molecule has 4 nitrogen and oxygen atoms in total. The molecule has 5 heteroatoms. The summed E-state index contributed by atoms with van der Waals surface area (Å²) in [6, 6.07) is 15.5. The highest BCUT2D eigenvalue weighted by molar-refractivity contribution is 6.30. The topological polar surface area (TPSA) is 46.9 Å². The molecule has 0 bridgehead atoms. The molecule has 160 valence electrons. The Bertz CT molecular complexity index is 950. The number of benzene rings is 2. The maximum absolute atomic E-state index is 12.2. The Balaban J connectivity index is 1.45. The van der Waals surface area contributed by atoms with Gasteiger partial charge in [-0.1, -0.05) is 62.4 Å². The van der Waals surface area contributed by atoms with Gasteiger partial charge in [-0.2, -0.15) is 0 Å². The molecule has 1 heterocycles. The van der Waals surface area contributed by atoms with Crippen molar-refractivity contribution in [1.29, 1.82) is 0 Å². The number of nitrogens with one attached hydrogen (secondary N) is 1. The number of nitrogens with zero attached hydrogens (tertiary/aromatic N) is 2. The highest BCUT2D eigenvalue weighted by Gasteiger charge is 2.10. The lowest BCUT2D eigenvalue weighted by Gasteiger charge is -2.09. The second-order valence-corrected chi connectivity index (χ2v) is 8.24. The van der Waals surface area contributed by atoms with Gasteiger partial charge in [-0.15, -0.1) is 0 Å². The first-order chi connectivity index (χ1) is 14.7. The lowest BCUT2D eigenvalue weighted by molar-refractivity contribution is 0.0953. The minimum Gasteiger partial charge on any atom is -0.352 e. The Labute approximate surface area is 184 Å². The number of hydrogen-bond acceptors (Lipinski definition) is 2. The molecular weight excluding hydrogens is 394 g/mol. The van der Waals surface area contributed by atoms with E-state index in [0.717, 1.165) is 37.7 Å². The molecule has 0 aliphatic carbocycles. The summed E-state index contributed by atoms with van der Waals surface area (Å²) >= 11 is 5.95. The predicted molar refractivity (Wildman–Crippen MR) is 125 cm³/mol. The van der Waals surface area contributed by atoms with E-state index in [0.29, 0.717) is 17.1 Å². The number of carbonyl (C=O) groups excluding carboxylic acids is 1. The number of halogens is 1. The minimum atomic E-state index is -0.0635. The molecule has 3 rings (SSSR count). The number of para-hydroxylation sites is 2. The van der Waals surface area contributed by atoms with E-state index in [1.165, 1.54) is 37.0 Å². The minimum absolute atomic E-state index is 0.0635. The van der Waals surface area contributed by atoms with Crippen molar-refractivity contribution in [3.8, 4) is 0 Å². The van der Waals surface area contributed by atoms with E-state index in [4.69, 9.17) is 16.6 Å². The van der Waals surface area contributed by atoms with Crippen molar-refractivity contribution in [3.63, 3.8) is 0 Å². The van der Waals surface area contributed by atoms with Gasteiger partial charge in [0.15, 0.2) is 0 Å². The van der Waals surface area contributed by atoms with Crippen molar-refractivity contribution in [2.75, 3.05) is 6.54 Å². The van der Waals surface area contributed by atoms with Gasteiger partial charge in [0.2, 0.25) is 0 Å². The zero-order valence-electron chi connectivity index (χ0n) is 17.9. The van der Waals surface area contributed by atoms with Crippen LogP contribution >= 0.6 is 11.6 Å². The quantitative estimate of drug-likeness (QED) is 0.340. The van der Waals surface area contributed by atoms with Gasteiger partial charge in [0.1, 0.15) is 5.82 Å². The fourth-order valence-electron chi connectivity index (χ4n) is 3.78. The van der Waals surface area contributed by atoms with Crippen molar-refractivity contribution in [2.45, 2.75) is 64.8 Å². The van der Waals surface area contributed by atoms with Crippen molar-refractivity contribution in [1.82, 2.24) is 14.9 Å². The van der Waals surface area contributed by atoms with Crippen LogP contribution in [0.5, 0.6) is 0 Å². The average Bonchev–Trinajstić information content (AvgIpc) is 3.11. The molecule has 1 N–H and O–H groups in total. The molecule has 1 aromatic heterocycles. The summed E-state index contributed by atoms with van der Waals surface area (Å²) in [7, 11) is 0. The zero-order valence-corrected chi connectivity index (χ0v) is 18.6. The molecule has 0 saturated heterocycles. The van der Waals surface area contributed by atoms with Crippen LogP contribution in [0.1, 0.15) is 68.1 Å². The summed E-state index contributed by atoms with van der Waals surface area (Å²) in [5.41, 5.74) is 2.95. The highest BCUT2D eigenvalue weighted by atomic mass is 35.5. The van der Waals surface area contributed by atoms with E-state index in [9.17, 15) is 4.79 Å². The van der Waals surface area contributed by atoms with Crippen LogP contribution in [0.15, 0.2) is 48.5 Å². The molecule has 1 amide bonds. The summed E-state index contributed by atoms with van der Waals surface area (Å²) in [4.78, 5) is 17.0. The van der Waals surface area contributed by atoms with Crippen LogP contribution in [-0.2, 0) is 13.0 Å². The molecule has 0 spiro atoms. The smallest absolute Gasteiger partial charge is 0.251 e. The normalized spacial score (nSPS) is 11.1. The van der Waals surface area contributed by atoms with Crippen LogP contribution in [0.25, 0.3) is 11.0 Å². The van der Waals surface area contributed by atoms with Crippen molar-refractivity contribution in [3.05, 3.63) is 64.9 Å². The molecule has 2 aromatic carbocycles. The third kappa shape index (κ3) is 6.33. The van der Waals surface area contributed by atoms with Gasteiger partial charge >= 0.3 is 0 Å². The summed E-state index contributed by atoms with van der Waals surface area (Å²) < 4.78 is 2.41. The number of hydrogen-bond donors (Lipinski definition) is 1. The fraction of sp³-hybridized carbons (Fsp3) is 0.440. The largest absolute Gasteiger partial charge is 0.352 e. The van der Waals surface area contributed by atoms with Gasteiger partial charge in [-0.3, -0.25) is 4.79 Å². The fourth-order valence-corrected chi connectivity index (χ4v) is 3.97. The van der Waals surface area contributed by atoms with Gasteiger partial charge in [0.05, 0.1) is 11.0 Å². The molecule has 0 fully saturated rings. The lowest BCUT2D eigenvalue weighted by Crippen LogP contribution is -2.24. The first-order valence-corrected chi connectivity index (χ1v) is 11.5. The van der Waals surface area contributed by atoms with Crippen LogP contribution < -0.4 is 5.32 Å². The number of imidazole rings is 1. The van der Waals surface area contributed by atoms with E-state index < -0.39 is 0 Å². The molecule has 0 radical (unpaired) electrons. The van der Waals surface area contributed by atoms with Gasteiger partial charge in [0.25, 0.3) is 5.91 Å². The number of aromatic nitrogens is 2. The Morgan fingerprint density at radius 3 is 2.67 bits per heavy atom. The van der Waals surface area contributed by atoms with E-state index in [1.807, 2.05) is 0 Å². The van der Waals surface area contributed by atoms with Crippen LogP contribution in [0, 0.1) is 0 Å². The second-order valence-electron chi connectivity index (χ2n) is 7.81. The Kier molecular flexibility index (Phi) is 8.76. The number of unbranched alkanes of at least 4 members (excludes halogenated alkanes) is 5. The predicted octanol–water partition coefficient (Wildman–Crippen LogP) is 6.41. The summed E-state index contributed by atoms with van der Waals surface area (Å²) in [5, 5.41) is 3.56. The molecule has 0 aliphatic rings. The molecule has 0 unspecified atom stereocenters. The maximum atomic E-state index is 12.2. The second kappa shape index (κ2) is 11.8. The Morgan fingerprint density at radius 2 is 1.83 bits per heavy atom. The van der Waals surface area contributed by atoms with Crippen molar-refractivity contribution in [2.24, 2.45) is 0 Å². The Morgan fingerprint density at radius 1 is 1.00 bits per heavy atom. The van der Waals surface area contributed by atoms with E-state index in [-0.39, 0.29) is 5.91 Å². The first-order valence-electron chi connectivity index (χ1n) is 11.2. The van der Waals surface area contributed by atoms with E-state index in [1.54, 1.807) is 24.3 Å². The SMILES string of the molecule is CCCCCCn1c(CCCCCNC(=O)c2cccc(Cl)c2)nc2ccccc21. The van der Waals surface area contributed by atoms with Gasteiger partial charge < -0.3 is 9.88 Å². The van der Waals surface area contributed by atoms with E-state index >= 15 is 0 Å². The number of carbonyl (C=O) groups is 1. The van der Waals surface area contributed by atoms with Gasteiger partial charge in [-0.25, -0.2) is 4.98 Å². The summed E-state index contributed by atoms with van der Waals surface area (Å²) in [6.07, 6.45) is 9.10. The zero-order chi connectivity index (χ0) is 21.2. The molecule has 3 aromatic rings. The van der Waals surface area contributed by atoms with Crippen LogP contribution in [0.2, 0.25) is 5.02 Å². The first kappa shape index (κ1) is 22.4. The average molecular weight is 426 g/mol. The standard InChI is InChI=1S/C25H32ClN3O/c1-2-3-4-10-18-29-23-15-8-7-14-22(23)28-24(29)16-6-5-9-17-27-25(30)20-12-11-13-21(26)19-20/h7-8,11-15,19H,2-6,9-10,16-18H2,1H3,(H,27,30). The Hall–Kier alpha value is -2.33. The monoisotopic (exact) mass is 425 g/mol. The number of aryl methyl sites for hydroxylation is 2. The number of rotatable bonds is 12. The van der Waals surface area contributed by atoms with Crippen LogP contribution in [0.4, 0.5) is 0 Å². The molecule has 30 heavy (non-hydrogen) atoms. The molecule has 0 atom stereocenters. The van der Waals surface area contributed by atoms with Gasteiger partial charge in [-0.05, 0) is 49.6 Å². The van der Waals surface area contributed by atoms with E-state index in [2.05, 4.69) is 41.1 Å². The van der Waals surface area contributed by atoms with Crippen LogP contribution in [-0.4, -0.2) is 22.0 Å². The summed E-state index contributed by atoms with van der Waals surface area (Å²) in [5.74, 6) is 1.13. The van der Waals surface area contributed by atoms with Crippen molar-refractivity contribution >= 4 is 28.5 Å². The third-order valence-electron chi connectivity index (χ3n) is 5.42. The van der Waals surface area contributed by atoms with Gasteiger partial charge in [0, 0.05) is 30.1 Å². The third-order valence-corrected chi connectivity index (χ3v) is 5.65. The van der Waals surface area contributed by atoms with Crippen LogP contribution in [0.3, 0.4) is 0 Å². The lowest BCUT2D eigenvalue weighted by atomic mass is 10.1. The molecular formula is C25H32ClN3O. The number of fused-ring (bicyclic) bond motifs is 1. The molecule has 0 saturated carbocycles. The highest BCUT2D eigenvalue weighted by Crippen LogP contribution is 2.19. The maximum Gasteiger partial charge on any atom is 0.251 e. The molecule has 0 aliphatic heterocycles.